The quantitative estimate of drug-likeness (QED) is 0.643. The van der Waals surface area contributed by atoms with E-state index in [-0.39, 0.29) is 17.9 Å². The molecule has 3 heterocycles. The Kier molecular flexibility index (Phi) is 5.14. The second kappa shape index (κ2) is 7.87. The molecule has 2 atom stereocenters. The van der Waals surface area contributed by atoms with Gasteiger partial charge in [-0.1, -0.05) is 6.07 Å². The van der Waals surface area contributed by atoms with E-state index in [1.54, 1.807) is 30.1 Å². The Morgan fingerprint density at radius 1 is 1.21 bits per heavy atom. The van der Waals surface area contributed by atoms with E-state index in [4.69, 9.17) is 4.74 Å². The van der Waals surface area contributed by atoms with Crippen LogP contribution in [-0.2, 0) is 4.74 Å². The highest BCUT2D eigenvalue weighted by molar-refractivity contribution is 5.92. The topological polar surface area (TPSA) is 112 Å². The minimum absolute atomic E-state index is 0.0915. The van der Waals surface area contributed by atoms with E-state index in [1.165, 1.54) is 0 Å². The van der Waals surface area contributed by atoms with Crippen LogP contribution in [0.2, 0.25) is 0 Å². The molecule has 0 aromatic carbocycles. The van der Waals surface area contributed by atoms with E-state index < -0.39 is 6.09 Å². The van der Waals surface area contributed by atoms with Crippen molar-refractivity contribution in [3.63, 3.8) is 0 Å². The zero-order chi connectivity index (χ0) is 19.5. The SMILES string of the molecule is CN1CCCNC(=O)O[C@@H]2CC[C@@H](C2)c2cc(n[nH]2)Nc2cccc(n2)C1=O. The summed E-state index contributed by atoms with van der Waals surface area (Å²) >= 11 is 0. The molecule has 1 saturated carbocycles. The summed E-state index contributed by atoms with van der Waals surface area (Å²) in [4.78, 5) is 30.6. The molecule has 0 radical (unpaired) electrons. The van der Waals surface area contributed by atoms with Gasteiger partial charge in [0.15, 0.2) is 5.82 Å². The summed E-state index contributed by atoms with van der Waals surface area (Å²) < 4.78 is 5.53. The maximum absolute atomic E-state index is 12.6. The summed E-state index contributed by atoms with van der Waals surface area (Å²) in [5, 5.41) is 13.3. The van der Waals surface area contributed by atoms with Crippen LogP contribution in [0, 0.1) is 0 Å². The Balaban J connectivity index is 1.57. The first-order chi connectivity index (χ1) is 13.6. The zero-order valence-electron chi connectivity index (χ0n) is 15.8. The highest BCUT2D eigenvalue weighted by atomic mass is 16.6. The number of amides is 2. The number of ether oxygens (including phenoxy) is 1. The fourth-order valence-corrected chi connectivity index (χ4v) is 3.69. The van der Waals surface area contributed by atoms with Gasteiger partial charge in [0.2, 0.25) is 0 Å². The van der Waals surface area contributed by atoms with Gasteiger partial charge in [-0.25, -0.2) is 9.78 Å². The summed E-state index contributed by atoms with van der Waals surface area (Å²) in [7, 11) is 1.72. The highest BCUT2D eigenvalue weighted by Gasteiger charge is 2.30. The van der Waals surface area contributed by atoms with Crippen molar-refractivity contribution in [3.05, 3.63) is 35.7 Å². The van der Waals surface area contributed by atoms with Crippen molar-refractivity contribution in [3.8, 4) is 0 Å². The van der Waals surface area contributed by atoms with Crippen LogP contribution in [0.4, 0.5) is 16.4 Å². The lowest BCUT2D eigenvalue weighted by Gasteiger charge is -2.18. The van der Waals surface area contributed by atoms with Gasteiger partial charge in [-0.2, -0.15) is 5.10 Å². The number of fused-ring (bicyclic) bond motifs is 7. The predicted molar refractivity (Wildman–Crippen MR) is 103 cm³/mol. The molecular formula is C19H24N6O3. The van der Waals surface area contributed by atoms with Gasteiger partial charge in [-0.05, 0) is 37.8 Å². The molecular weight excluding hydrogens is 360 g/mol. The van der Waals surface area contributed by atoms with Gasteiger partial charge in [-0.15, -0.1) is 0 Å². The van der Waals surface area contributed by atoms with Crippen molar-refractivity contribution < 1.29 is 14.3 Å². The van der Waals surface area contributed by atoms with Crippen LogP contribution in [0.25, 0.3) is 0 Å². The van der Waals surface area contributed by atoms with Crippen LogP contribution < -0.4 is 10.6 Å². The fraction of sp³-hybridized carbons (Fsp3) is 0.474. The van der Waals surface area contributed by atoms with Gasteiger partial charge < -0.3 is 20.3 Å². The Bertz CT molecular complexity index is 867. The molecule has 0 unspecified atom stereocenters. The minimum Gasteiger partial charge on any atom is -0.446 e. The molecule has 2 aromatic heterocycles. The van der Waals surface area contributed by atoms with Crippen molar-refractivity contribution >= 4 is 23.6 Å². The van der Waals surface area contributed by atoms with Crippen LogP contribution >= 0.6 is 0 Å². The number of alkyl carbamates (subject to hydrolysis) is 1. The van der Waals surface area contributed by atoms with Gasteiger partial charge >= 0.3 is 6.09 Å². The van der Waals surface area contributed by atoms with Crippen molar-refractivity contribution in [2.75, 3.05) is 25.5 Å². The van der Waals surface area contributed by atoms with Crippen molar-refractivity contribution in [2.45, 2.75) is 37.7 Å². The van der Waals surface area contributed by atoms with E-state index in [0.29, 0.717) is 36.8 Å². The van der Waals surface area contributed by atoms with E-state index >= 15 is 0 Å². The molecule has 2 aromatic rings. The Morgan fingerprint density at radius 2 is 2.11 bits per heavy atom. The smallest absolute Gasteiger partial charge is 0.407 e. The monoisotopic (exact) mass is 384 g/mol. The number of H-pyrrole nitrogens is 1. The summed E-state index contributed by atoms with van der Waals surface area (Å²) in [5.41, 5.74) is 1.36. The first-order valence-electron chi connectivity index (χ1n) is 9.58. The number of nitrogens with one attached hydrogen (secondary N) is 3. The number of pyridine rings is 1. The maximum Gasteiger partial charge on any atom is 0.407 e. The van der Waals surface area contributed by atoms with Gasteiger partial charge in [0.25, 0.3) is 5.91 Å². The van der Waals surface area contributed by atoms with Crippen LogP contribution in [0.5, 0.6) is 0 Å². The molecule has 9 nitrogen and oxygen atoms in total. The molecule has 2 amide bonds. The predicted octanol–water partition coefficient (Wildman–Crippen LogP) is 2.39. The van der Waals surface area contributed by atoms with Crippen molar-refractivity contribution in [1.29, 1.82) is 0 Å². The lowest BCUT2D eigenvalue weighted by atomic mass is 10.0. The molecule has 2 aliphatic rings. The van der Waals surface area contributed by atoms with Gasteiger partial charge in [-0.3, -0.25) is 9.89 Å². The standard InChI is InChI=1S/C19H24N6O3/c1-25-9-3-8-20-19(27)28-13-7-6-12(10-13)15-11-17(24-23-15)22-16-5-2-4-14(21-16)18(25)26/h2,4-5,11-13H,3,6-10H2,1H3,(H,20,27)(H2,21,22,23,24)/t12-,13+/m0/s1. The molecule has 1 aliphatic carbocycles. The maximum atomic E-state index is 12.6. The molecule has 4 rings (SSSR count). The fourth-order valence-electron chi connectivity index (χ4n) is 3.69. The Labute approximate surface area is 162 Å². The number of rotatable bonds is 0. The summed E-state index contributed by atoms with van der Waals surface area (Å²) in [5.74, 6) is 1.31. The molecule has 148 valence electrons. The Hall–Kier alpha value is -3.10. The number of hydrogen-bond donors (Lipinski definition) is 3. The normalized spacial score (nSPS) is 23.2. The first-order valence-corrected chi connectivity index (χ1v) is 9.58. The van der Waals surface area contributed by atoms with Crippen LogP contribution in [0.1, 0.15) is 47.8 Å². The second-order valence-electron chi connectivity index (χ2n) is 7.29. The second-order valence-corrected chi connectivity index (χ2v) is 7.29. The van der Waals surface area contributed by atoms with Crippen molar-refractivity contribution in [1.82, 2.24) is 25.4 Å². The third kappa shape index (κ3) is 4.08. The molecule has 1 aliphatic heterocycles. The minimum atomic E-state index is -0.401. The largest absolute Gasteiger partial charge is 0.446 e. The third-order valence-corrected chi connectivity index (χ3v) is 5.21. The molecule has 3 N–H and O–H groups in total. The van der Waals surface area contributed by atoms with Crippen molar-refractivity contribution in [2.24, 2.45) is 0 Å². The number of aromatic amines is 1. The number of anilines is 2. The van der Waals surface area contributed by atoms with E-state index in [2.05, 4.69) is 25.8 Å². The molecule has 1 fully saturated rings. The number of carbonyl (C=O) groups excluding carboxylic acids is 2. The summed E-state index contributed by atoms with van der Waals surface area (Å²) in [6.45, 7) is 0.957. The third-order valence-electron chi connectivity index (χ3n) is 5.21. The highest BCUT2D eigenvalue weighted by Crippen LogP contribution is 2.36. The molecule has 28 heavy (non-hydrogen) atoms. The molecule has 0 spiro atoms. The van der Waals surface area contributed by atoms with E-state index in [0.717, 1.165) is 25.0 Å². The number of hydrogen-bond acceptors (Lipinski definition) is 6. The average molecular weight is 384 g/mol. The summed E-state index contributed by atoms with van der Waals surface area (Å²) in [6.07, 6.45) is 2.69. The first kappa shape index (κ1) is 18.3. The zero-order valence-corrected chi connectivity index (χ0v) is 15.8. The van der Waals surface area contributed by atoms with Gasteiger partial charge in [0.05, 0.1) is 0 Å². The molecule has 9 heteroatoms. The Morgan fingerprint density at radius 3 is 3.00 bits per heavy atom. The molecule has 0 saturated heterocycles. The number of aromatic nitrogens is 3. The van der Waals surface area contributed by atoms with Crippen LogP contribution in [0.15, 0.2) is 24.3 Å². The summed E-state index contributed by atoms with van der Waals surface area (Å²) in [6, 6.07) is 7.23. The lowest BCUT2D eigenvalue weighted by molar-refractivity contribution is 0.0787. The van der Waals surface area contributed by atoms with Crippen LogP contribution in [-0.4, -0.2) is 58.3 Å². The molecule has 6 bridgehead atoms. The van der Waals surface area contributed by atoms with E-state index in [9.17, 15) is 9.59 Å². The number of carbonyl (C=O) groups is 2. The van der Waals surface area contributed by atoms with Gasteiger partial charge in [0, 0.05) is 37.8 Å². The van der Waals surface area contributed by atoms with E-state index in [1.807, 2.05) is 6.07 Å². The van der Waals surface area contributed by atoms with Gasteiger partial charge in [0.1, 0.15) is 17.6 Å². The lowest BCUT2D eigenvalue weighted by Crippen LogP contribution is -2.33. The number of nitrogens with zero attached hydrogens (tertiary/aromatic N) is 3. The van der Waals surface area contributed by atoms with Crippen LogP contribution in [0.3, 0.4) is 0 Å². The average Bonchev–Trinajstić information content (AvgIpc) is 3.33.